The Balaban J connectivity index is 2.07. The molecular weight excluding hydrogens is 240 g/mol. The molecule has 19 heavy (non-hydrogen) atoms. The highest BCUT2D eigenvalue weighted by molar-refractivity contribution is 5.96. The second-order valence-electron chi connectivity index (χ2n) is 4.21. The van der Waals surface area contributed by atoms with Crippen LogP contribution in [0.1, 0.15) is 30.0 Å². The molecule has 0 spiro atoms. The molecule has 0 aliphatic carbocycles. The molecule has 0 unspecified atom stereocenters. The minimum Gasteiger partial charge on any atom is -0.494 e. The van der Waals surface area contributed by atoms with Crippen molar-refractivity contribution in [3.8, 4) is 5.75 Å². The topological polar surface area (TPSA) is 44.1 Å². The summed E-state index contributed by atoms with van der Waals surface area (Å²) in [5.74, 6) is 1.80. The molecule has 0 fully saturated rings. The molecule has 0 aliphatic heterocycles. The van der Waals surface area contributed by atoms with E-state index in [1.807, 2.05) is 36.7 Å². The third-order valence-corrected chi connectivity index (χ3v) is 2.92. The molecule has 0 aliphatic rings. The van der Waals surface area contributed by atoms with Gasteiger partial charge in [0, 0.05) is 24.4 Å². The van der Waals surface area contributed by atoms with E-state index in [0.717, 1.165) is 18.0 Å². The zero-order valence-electron chi connectivity index (χ0n) is 11.3. The van der Waals surface area contributed by atoms with Crippen molar-refractivity contribution in [2.24, 2.45) is 0 Å². The standard InChI is InChI=1S/C15H18N2O2/c1-3-15-16-9-10-17(15)11-14(18)12-5-7-13(8-6-12)19-4-2/h5-10H,3-4,11H2,1-2H3. The zero-order chi connectivity index (χ0) is 13.7. The Bertz CT molecular complexity index is 544. The predicted octanol–water partition coefficient (Wildman–Crippen LogP) is 2.73. The summed E-state index contributed by atoms with van der Waals surface area (Å²) >= 11 is 0. The van der Waals surface area contributed by atoms with Crippen LogP contribution in [0.4, 0.5) is 0 Å². The van der Waals surface area contributed by atoms with Crippen LogP contribution < -0.4 is 4.74 Å². The number of carbonyl (C=O) groups is 1. The summed E-state index contributed by atoms with van der Waals surface area (Å²) in [7, 11) is 0. The van der Waals surface area contributed by atoms with Crippen molar-refractivity contribution in [2.45, 2.75) is 26.8 Å². The van der Waals surface area contributed by atoms with Gasteiger partial charge in [-0.15, -0.1) is 0 Å². The summed E-state index contributed by atoms with van der Waals surface area (Å²) < 4.78 is 7.24. The predicted molar refractivity (Wildman–Crippen MR) is 73.5 cm³/mol. The van der Waals surface area contributed by atoms with Gasteiger partial charge in [0.2, 0.25) is 0 Å². The number of hydrogen-bond acceptors (Lipinski definition) is 3. The van der Waals surface area contributed by atoms with Crippen molar-refractivity contribution >= 4 is 5.78 Å². The smallest absolute Gasteiger partial charge is 0.182 e. The molecule has 4 heteroatoms. The fraction of sp³-hybridized carbons (Fsp3) is 0.333. The average molecular weight is 258 g/mol. The van der Waals surface area contributed by atoms with E-state index in [9.17, 15) is 4.79 Å². The van der Waals surface area contributed by atoms with Gasteiger partial charge in [0.05, 0.1) is 13.2 Å². The van der Waals surface area contributed by atoms with E-state index >= 15 is 0 Å². The van der Waals surface area contributed by atoms with Crippen LogP contribution in [0.3, 0.4) is 0 Å². The molecule has 0 saturated carbocycles. The van der Waals surface area contributed by atoms with Gasteiger partial charge in [-0.3, -0.25) is 4.79 Å². The largest absolute Gasteiger partial charge is 0.494 e. The van der Waals surface area contributed by atoms with E-state index in [1.165, 1.54) is 0 Å². The number of Topliss-reactive ketones (excluding diaryl/α,β-unsaturated/α-hetero) is 1. The van der Waals surface area contributed by atoms with Crippen molar-refractivity contribution in [1.29, 1.82) is 0 Å². The molecule has 2 aromatic rings. The molecule has 0 N–H and O–H groups in total. The summed E-state index contributed by atoms with van der Waals surface area (Å²) in [5.41, 5.74) is 0.694. The third kappa shape index (κ3) is 3.22. The summed E-state index contributed by atoms with van der Waals surface area (Å²) in [5, 5.41) is 0. The van der Waals surface area contributed by atoms with Crippen LogP contribution in [0.2, 0.25) is 0 Å². The van der Waals surface area contributed by atoms with Crippen LogP contribution in [-0.2, 0) is 13.0 Å². The molecule has 4 nitrogen and oxygen atoms in total. The van der Waals surface area contributed by atoms with Gasteiger partial charge >= 0.3 is 0 Å². The number of hydrogen-bond donors (Lipinski definition) is 0. The number of carbonyl (C=O) groups excluding carboxylic acids is 1. The summed E-state index contributed by atoms with van der Waals surface area (Å²) in [4.78, 5) is 16.4. The second-order valence-corrected chi connectivity index (χ2v) is 4.21. The Morgan fingerprint density at radius 1 is 1.26 bits per heavy atom. The van der Waals surface area contributed by atoms with Gasteiger partial charge in [0.1, 0.15) is 11.6 Å². The highest BCUT2D eigenvalue weighted by Gasteiger charge is 2.09. The quantitative estimate of drug-likeness (QED) is 0.748. The Morgan fingerprint density at radius 2 is 2.00 bits per heavy atom. The third-order valence-electron chi connectivity index (χ3n) is 2.92. The number of aromatic nitrogens is 2. The van der Waals surface area contributed by atoms with Crippen molar-refractivity contribution in [3.05, 3.63) is 48.0 Å². The molecular formula is C15H18N2O2. The summed E-state index contributed by atoms with van der Waals surface area (Å²) in [6.45, 7) is 4.92. The first kappa shape index (κ1) is 13.3. The molecule has 0 amide bonds. The average Bonchev–Trinajstić information content (AvgIpc) is 2.87. The molecule has 100 valence electrons. The number of benzene rings is 1. The first-order valence-corrected chi connectivity index (χ1v) is 6.50. The highest BCUT2D eigenvalue weighted by atomic mass is 16.5. The molecule has 0 saturated heterocycles. The minimum absolute atomic E-state index is 0.0794. The Labute approximate surface area is 113 Å². The fourth-order valence-corrected chi connectivity index (χ4v) is 1.95. The maximum absolute atomic E-state index is 12.2. The number of ether oxygens (including phenoxy) is 1. The van der Waals surface area contributed by atoms with E-state index in [1.54, 1.807) is 18.3 Å². The van der Waals surface area contributed by atoms with Crippen LogP contribution in [0.5, 0.6) is 5.75 Å². The van der Waals surface area contributed by atoms with Crippen LogP contribution in [0.15, 0.2) is 36.7 Å². The highest BCUT2D eigenvalue weighted by Crippen LogP contribution is 2.13. The van der Waals surface area contributed by atoms with Gasteiger partial charge in [-0.05, 0) is 31.2 Å². The second kappa shape index (κ2) is 6.18. The number of ketones is 1. The first-order chi connectivity index (χ1) is 9.24. The van der Waals surface area contributed by atoms with Crippen molar-refractivity contribution in [2.75, 3.05) is 6.61 Å². The lowest BCUT2D eigenvalue weighted by atomic mass is 10.1. The van der Waals surface area contributed by atoms with Gasteiger partial charge in [0.25, 0.3) is 0 Å². The zero-order valence-corrected chi connectivity index (χ0v) is 11.3. The fourth-order valence-electron chi connectivity index (χ4n) is 1.95. The molecule has 2 rings (SSSR count). The van der Waals surface area contributed by atoms with Gasteiger partial charge in [0.15, 0.2) is 5.78 Å². The molecule has 1 aromatic heterocycles. The van der Waals surface area contributed by atoms with Gasteiger partial charge < -0.3 is 9.30 Å². The maximum Gasteiger partial charge on any atom is 0.182 e. The summed E-state index contributed by atoms with van der Waals surface area (Å²) in [6.07, 6.45) is 4.39. The molecule has 0 radical (unpaired) electrons. The molecule has 1 aromatic carbocycles. The van der Waals surface area contributed by atoms with Gasteiger partial charge in [-0.2, -0.15) is 0 Å². The van der Waals surface area contributed by atoms with Gasteiger partial charge in [-0.1, -0.05) is 6.92 Å². The normalized spacial score (nSPS) is 10.4. The first-order valence-electron chi connectivity index (χ1n) is 6.50. The Morgan fingerprint density at radius 3 is 2.63 bits per heavy atom. The van der Waals surface area contributed by atoms with Gasteiger partial charge in [-0.25, -0.2) is 4.98 Å². The van der Waals surface area contributed by atoms with Crippen molar-refractivity contribution < 1.29 is 9.53 Å². The van der Waals surface area contributed by atoms with E-state index in [2.05, 4.69) is 4.98 Å². The van der Waals surface area contributed by atoms with Crippen molar-refractivity contribution in [3.63, 3.8) is 0 Å². The Kier molecular flexibility index (Phi) is 4.34. The lowest BCUT2D eigenvalue weighted by molar-refractivity contribution is 0.0971. The number of rotatable bonds is 6. The van der Waals surface area contributed by atoms with E-state index < -0.39 is 0 Å². The van der Waals surface area contributed by atoms with E-state index in [-0.39, 0.29) is 5.78 Å². The number of aryl methyl sites for hydroxylation is 1. The molecule has 0 atom stereocenters. The van der Waals surface area contributed by atoms with Crippen LogP contribution in [-0.4, -0.2) is 21.9 Å². The Hall–Kier alpha value is -2.10. The summed E-state index contributed by atoms with van der Waals surface area (Å²) in [6, 6.07) is 7.25. The van der Waals surface area contributed by atoms with Crippen LogP contribution in [0.25, 0.3) is 0 Å². The van der Waals surface area contributed by atoms with Crippen molar-refractivity contribution in [1.82, 2.24) is 9.55 Å². The minimum atomic E-state index is 0.0794. The SMILES string of the molecule is CCOc1ccc(C(=O)Cn2ccnc2CC)cc1. The number of imidazole rings is 1. The lowest BCUT2D eigenvalue weighted by Crippen LogP contribution is -2.12. The maximum atomic E-state index is 12.2. The van der Waals surface area contributed by atoms with Crippen LogP contribution >= 0.6 is 0 Å². The molecule has 1 heterocycles. The molecule has 0 bridgehead atoms. The monoisotopic (exact) mass is 258 g/mol. The lowest BCUT2D eigenvalue weighted by Gasteiger charge is -2.07. The van der Waals surface area contributed by atoms with E-state index in [4.69, 9.17) is 4.74 Å². The van der Waals surface area contributed by atoms with Crippen LogP contribution in [0, 0.1) is 0 Å². The number of nitrogens with zero attached hydrogens (tertiary/aromatic N) is 2. The van der Waals surface area contributed by atoms with E-state index in [0.29, 0.717) is 18.7 Å².